The molecule has 0 bridgehead atoms. The molecule has 0 aliphatic carbocycles. The lowest BCUT2D eigenvalue weighted by atomic mass is 9.86. The number of Topliss-reactive ketones (excluding diaryl/α,β-unsaturated/α-hetero) is 1. The fourth-order valence-electron chi connectivity index (χ4n) is 3.06. The highest BCUT2D eigenvalue weighted by atomic mass is 16.6. The first-order valence-electron chi connectivity index (χ1n) is 9.60. The molecule has 0 aliphatic heterocycles. The highest BCUT2D eigenvalue weighted by Gasteiger charge is 2.39. The molecule has 2 aromatic carbocycles. The Morgan fingerprint density at radius 3 is 1.93 bits per heavy atom. The normalized spacial score (nSPS) is 13.3. The van der Waals surface area contributed by atoms with Gasteiger partial charge in [0.1, 0.15) is 11.5 Å². The minimum Gasteiger partial charge on any atom is -0.469 e. The van der Waals surface area contributed by atoms with Crippen molar-refractivity contribution in [3.8, 4) is 11.1 Å². The topological polar surface area (TPSA) is 69.7 Å². The van der Waals surface area contributed by atoms with Crippen LogP contribution in [0.1, 0.15) is 33.3 Å². The van der Waals surface area contributed by atoms with Gasteiger partial charge in [0, 0.05) is 6.42 Å². The summed E-state index contributed by atoms with van der Waals surface area (Å²) in [5.41, 5.74) is 2.12. The van der Waals surface area contributed by atoms with Gasteiger partial charge in [-0.15, -0.1) is 0 Å². The van der Waals surface area contributed by atoms with E-state index in [4.69, 9.17) is 9.47 Å². The molecule has 0 radical (unpaired) electrons. The number of hydrogen-bond donors (Lipinski definition) is 0. The van der Waals surface area contributed by atoms with Crippen LogP contribution < -0.4 is 0 Å². The van der Waals surface area contributed by atoms with Crippen molar-refractivity contribution in [1.29, 1.82) is 0 Å². The van der Waals surface area contributed by atoms with E-state index in [2.05, 4.69) is 0 Å². The van der Waals surface area contributed by atoms with E-state index in [1.165, 1.54) is 14.0 Å². The summed E-state index contributed by atoms with van der Waals surface area (Å²) in [5, 5.41) is 0. The molecule has 0 amide bonds. The van der Waals surface area contributed by atoms with Gasteiger partial charge in [-0.2, -0.15) is 0 Å². The number of carbonyl (C=O) groups excluding carboxylic acids is 3. The summed E-state index contributed by atoms with van der Waals surface area (Å²) in [7, 11) is 1.23. The van der Waals surface area contributed by atoms with Gasteiger partial charge in [0.15, 0.2) is 5.78 Å². The summed E-state index contributed by atoms with van der Waals surface area (Å²) in [5.74, 6) is -3.83. The molecule has 2 aromatic rings. The van der Waals surface area contributed by atoms with Crippen LogP contribution in [-0.2, 0) is 30.3 Å². The Balaban J connectivity index is 2.20. The van der Waals surface area contributed by atoms with E-state index in [0.29, 0.717) is 0 Å². The maximum absolute atomic E-state index is 12.9. The molecule has 0 spiro atoms. The van der Waals surface area contributed by atoms with Gasteiger partial charge in [0.25, 0.3) is 0 Å². The predicted molar refractivity (Wildman–Crippen MR) is 111 cm³/mol. The van der Waals surface area contributed by atoms with Crippen molar-refractivity contribution in [3.63, 3.8) is 0 Å². The molecule has 5 heteroatoms. The second-order valence-electron chi connectivity index (χ2n) is 8.03. The standard InChI is InChI=1S/C24H28O5/c1-16(22(26)28-5)21(23(27)29-24(2,3)4)20(25)15-17-11-13-19(14-12-17)18-9-7-6-8-10-18/h6-14,16,21H,15H2,1-5H3. The molecule has 0 saturated carbocycles. The first-order valence-corrected chi connectivity index (χ1v) is 9.60. The molecule has 5 nitrogen and oxygen atoms in total. The van der Waals surface area contributed by atoms with Crippen molar-refractivity contribution in [2.45, 2.75) is 39.7 Å². The maximum atomic E-state index is 12.9. The Morgan fingerprint density at radius 1 is 0.862 bits per heavy atom. The molecule has 0 fully saturated rings. The van der Waals surface area contributed by atoms with Crippen molar-refractivity contribution in [2.75, 3.05) is 7.11 Å². The molecule has 0 saturated heterocycles. The number of esters is 2. The summed E-state index contributed by atoms with van der Waals surface area (Å²) < 4.78 is 10.1. The lowest BCUT2D eigenvalue weighted by molar-refractivity contribution is -0.169. The number of carbonyl (C=O) groups is 3. The number of rotatable bonds is 7. The van der Waals surface area contributed by atoms with Gasteiger partial charge in [-0.3, -0.25) is 14.4 Å². The van der Waals surface area contributed by atoms with Gasteiger partial charge in [0.05, 0.1) is 13.0 Å². The zero-order valence-corrected chi connectivity index (χ0v) is 17.6. The molecule has 154 valence electrons. The zero-order chi connectivity index (χ0) is 21.6. The molecule has 0 N–H and O–H groups in total. The van der Waals surface area contributed by atoms with Crippen LogP contribution in [-0.4, -0.2) is 30.4 Å². The Hall–Kier alpha value is -2.95. The average molecular weight is 396 g/mol. The van der Waals surface area contributed by atoms with E-state index < -0.39 is 29.4 Å². The molecular weight excluding hydrogens is 368 g/mol. The zero-order valence-electron chi connectivity index (χ0n) is 17.6. The van der Waals surface area contributed by atoms with Crippen LogP contribution in [0.3, 0.4) is 0 Å². The molecule has 0 heterocycles. The minimum atomic E-state index is -1.21. The van der Waals surface area contributed by atoms with Crippen molar-refractivity contribution < 1.29 is 23.9 Å². The highest BCUT2D eigenvalue weighted by molar-refractivity contribution is 6.03. The monoisotopic (exact) mass is 396 g/mol. The van der Waals surface area contributed by atoms with Crippen LogP contribution in [0.4, 0.5) is 0 Å². The van der Waals surface area contributed by atoms with E-state index in [1.807, 2.05) is 54.6 Å². The maximum Gasteiger partial charge on any atom is 0.317 e. The van der Waals surface area contributed by atoms with Crippen molar-refractivity contribution in [1.82, 2.24) is 0 Å². The quantitative estimate of drug-likeness (QED) is 0.517. The molecule has 29 heavy (non-hydrogen) atoms. The lowest BCUT2D eigenvalue weighted by Gasteiger charge is -2.25. The summed E-state index contributed by atoms with van der Waals surface area (Å²) in [6.45, 7) is 6.67. The summed E-state index contributed by atoms with van der Waals surface area (Å²) >= 11 is 0. The largest absolute Gasteiger partial charge is 0.469 e. The van der Waals surface area contributed by atoms with E-state index in [1.54, 1.807) is 20.8 Å². The van der Waals surface area contributed by atoms with Gasteiger partial charge in [-0.25, -0.2) is 0 Å². The van der Waals surface area contributed by atoms with Crippen LogP contribution in [0, 0.1) is 11.8 Å². The third kappa shape index (κ3) is 6.28. The molecule has 2 rings (SSSR count). The SMILES string of the molecule is COC(=O)C(C)C(C(=O)Cc1ccc(-c2ccccc2)cc1)C(=O)OC(C)(C)C. The Bertz CT molecular complexity index is 847. The molecule has 0 aliphatic rings. The number of benzene rings is 2. The van der Waals surface area contributed by atoms with Gasteiger partial charge < -0.3 is 9.47 Å². The van der Waals surface area contributed by atoms with Crippen LogP contribution >= 0.6 is 0 Å². The van der Waals surface area contributed by atoms with Crippen molar-refractivity contribution in [2.24, 2.45) is 11.8 Å². The number of ketones is 1. The van der Waals surface area contributed by atoms with Crippen molar-refractivity contribution in [3.05, 3.63) is 60.2 Å². The third-order valence-electron chi connectivity index (χ3n) is 4.52. The summed E-state index contributed by atoms with van der Waals surface area (Å²) in [6.07, 6.45) is 0.0281. The number of hydrogen-bond acceptors (Lipinski definition) is 5. The molecule has 2 atom stereocenters. The lowest BCUT2D eigenvalue weighted by Crippen LogP contribution is -2.40. The summed E-state index contributed by atoms with van der Waals surface area (Å²) in [4.78, 5) is 37.6. The molecular formula is C24H28O5. The van der Waals surface area contributed by atoms with Crippen LogP contribution in [0.5, 0.6) is 0 Å². The first kappa shape index (κ1) is 22.3. The second-order valence-corrected chi connectivity index (χ2v) is 8.03. The van der Waals surface area contributed by atoms with E-state index in [0.717, 1.165) is 16.7 Å². The van der Waals surface area contributed by atoms with Crippen molar-refractivity contribution >= 4 is 17.7 Å². The van der Waals surface area contributed by atoms with Crippen LogP contribution in [0.2, 0.25) is 0 Å². The highest BCUT2D eigenvalue weighted by Crippen LogP contribution is 2.24. The van der Waals surface area contributed by atoms with Crippen LogP contribution in [0.15, 0.2) is 54.6 Å². The Labute approximate surface area is 172 Å². The smallest absolute Gasteiger partial charge is 0.317 e. The van der Waals surface area contributed by atoms with E-state index in [-0.39, 0.29) is 12.2 Å². The Morgan fingerprint density at radius 2 is 1.41 bits per heavy atom. The fraction of sp³-hybridized carbons (Fsp3) is 0.375. The van der Waals surface area contributed by atoms with Crippen LogP contribution in [0.25, 0.3) is 11.1 Å². The van der Waals surface area contributed by atoms with Gasteiger partial charge in [0.2, 0.25) is 0 Å². The third-order valence-corrected chi connectivity index (χ3v) is 4.52. The number of ether oxygens (including phenoxy) is 2. The summed E-state index contributed by atoms with van der Waals surface area (Å²) in [6, 6.07) is 17.5. The Kier molecular flexibility index (Phi) is 7.32. The second kappa shape index (κ2) is 9.50. The average Bonchev–Trinajstić information content (AvgIpc) is 2.67. The van der Waals surface area contributed by atoms with E-state index >= 15 is 0 Å². The van der Waals surface area contributed by atoms with E-state index in [9.17, 15) is 14.4 Å². The molecule has 2 unspecified atom stereocenters. The van der Waals surface area contributed by atoms with Gasteiger partial charge >= 0.3 is 11.9 Å². The first-order chi connectivity index (χ1) is 13.6. The minimum absolute atomic E-state index is 0.0281. The fourth-order valence-corrected chi connectivity index (χ4v) is 3.06. The molecule has 0 aromatic heterocycles. The van der Waals surface area contributed by atoms with Gasteiger partial charge in [-0.1, -0.05) is 61.5 Å². The van der Waals surface area contributed by atoms with Gasteiger partial charge in [-0.05, 0) is 37.5 Å². The predicted octanol–water partition coefficient (Wildman–Crippen LogP) is 4.23. The number of methoxy groups -OCH3 is 1.